The fourth-order valence-corrected chi connectivity index (χ4v) is 0.477. The van der Waals surface area contributed by atoms with Gasteiger partial charge >= 0.3 is 0 Å². The summed E-state index contributed by atoms with van der Waals surface area (Å²) in [6, 6.07) is 0. The second kappa shape index (κ2) is 5.79. The molecule has 38 valence electrons. The highest BCUT2D eigenvalue weighted by Gasteiger charge is 1.76. The van der Waals surface area contributed by atoms with Crippen LogP contribution in [0.2, 0.25) is 0 Å². The van der Waals surface area contributed by atoms with Gasteiger partial charge in [0.05, 0.1) is 6.61 Å². The molecule has 0 radical (unpaired) electrons. The molecule has 0 unspecified atom stereocenters. The van der Waals surface area contributed by atoms with Crippen molar-refractivity contribution >= 4 is 28.8 Å². The van der Waals surface area contributed by atoms with Crippen LogP contribution < -0.4 is 0 Å². The summed E-state index contributed by atoms with van der Waals surface area (Å²) in [5.74, 6) is 0. The Balaban J connectivity index is 2.34. The van der Waals surface area contributed by atoms with Crippen molar-refractivity contribution < 1.29 is 4.18 Å². The zero-order valence-electron chi connectivity index (χ0n) is 3.35. The molecule has 3 heteroatoms. The molecule has 6 heavy (non-hydrogen) atoms. The molecule has 0 aromatic rings. The van der Waals surface area contributed by atoms with E-state index in [1.807, 2.05) is 0 Å². The first-order valence-corrected chi connectivity index (χ1v) is 3.23. The fourth-order valence-electron chi connectivity index (χ4n) is 0.119. The molecule has 0 rings (SSSR count). The van der Waals surface area contributed by atoms with Crippen LogP contribution in [0.4, 0.5) is 0 Å². The minimum absolute atomic E-state index is 0.731. The molecule has 1 nitrogen and oxygen atoms in total. The standard InChI is InChI=1S/C3H7BrOS/c4-2-1-3-5-6/h6H,1-3H2. The summed E-state index contributed by atoms with van der Waals surface area (Å²) in [6.07, 6.45) is 1.03. The van der Waals surface area contributed by atoms with Crippen LogP contribution in [0.25, 0.3) is 0 Å². The normalized spacial score (nSPS) is 9.00. The van der Waals surface area contributed by atoms with E-state index in [0.29, 0.717) is 0 Å². The van der Waals surface area contributed by atoms with Gasteiger partial charge in [-0.25, -0.2) is 0 Å². The van der Waals surface area contributed by atoms with Crippen molar-refractivity contribution in [2.75, 3.05) is 11.9 Å². The highest BCUT2D eigenvalue weighted by Crippen LogP contribution is 1.88. The molecule has 0 spiro atoms. The summed E-state index contributed by atoms with van der Waals surface area (Å²) in [6.45, 7) is 0.731. The highest BCUT2D eigenvalue weighted by atomic mass is 79.9. The van der Waals surface area contributed by atoms with E-state index in [0.717, 1.165) is 18.4 Å². The Morgan fingerprint density at radius 3 is 2.50 bits per heavy atom. The maximum atomic E-state index is 4.45. The van der Waals surface area contributed by atoms with Gasteiger partial charge in [0.25, 0.3) is 0 Å². The van der Waals surface area contributed by atoms with Gasteiger partial charge in [-0.3, -0.25) is 0 Å². The van der Waals surface area contributed by atoms with E-state index < -0.39 is 0 Å². The van der Waals surface area contributed by atoms with Crippen LogP contribution in [0.5, 0.6) is 0 Å². The van der Waals surface area contributed by atoms with Gasteiger partial charge in [0.2, 0.25) is 0 Å². The molecular formula is C3H7BrOS. The second-order valence-corrected chi connectivity index (χ2v) is 1.93. The summed E-state index contributed by atoms with van der Waals surface area (Å²) in [7, 11) is 0. The molecule has 0 saturated heterocycles. The van der Waals surface area contributed by atoms with Crippen LogP contribution in [0.15, 0.2) is 0 Å². The first-order valence-electron chi connectivity index (χ1n) is 1.74. The van der Waals surface area contributed by atoms with Crippen molar-refractivity contribution in [1.82, 2.24) is 0 Å². The molecule has 0 aliphatic carbocycles. The van der Waals surface area contributed by atoms with Crippen LogP contribution in [0, 0.1) is 0 Å². The monoisotopic (exact) mass is 170 g/mol. The number of thiol groups is 1. The number of rotatable bonds is 3. The fraction of sp³-hybridized carbons (Fsp3) is 1.00. The Labute approximate surface area is 51.8 Å². The topological polar surface area (TPSA) is 9.23 Å². The van der Waals surface area contributed by atoms with Crippen LogP contribution in [0.3, 0.4) is 0 Å². The van der Waals surface area contributed by atoms with Crippen molar-refractivity contribution in [3.8, 4) is 0 Å². The molecule has 0 bridgehead atoms. The first-order chi connectivity index (χ1) is 2.91. The minimum atomic E-state index is 0.731. The van der Waals surface area contributed by atoms with E-state index in [9.17, 15) is 0 Å². The van der Waals surface area contributed by atoms with Crippen LogP contribution >= 0.6 is 28.8 Å². The number of alkyl halides is 1. The molecule has 0 saturated carbocycles. The molecule has 0 N–H and O–H groups in total. The Kier molecular flexibility index (Phi) is 6.55. The smallest absolute Gasteiger partial charge is 0.0618 e. The molecule has 0 aromatic heterocycles. The van der Waals surface area contributed by atoms with E-state index in [2.05, 4.69) is 33.0 Å². The van der Waals surface area contributed by atoms with Gasteiger partial charge in [0.15, 0.2) is 0 Å². The predicted molar refractivity (Wildman–Crippen MR) is 33.3 cm³/mol. The van der Waals surface area contributed by atoms with E-state index in [1.54, 1.807) is 0 Å². The first kappa shape index (κ1) is 6.79. The highest BCUT2D eigenvalue weighted by molar-refractivity contribution is 9.09. The van der Waals surface area contributed by atoms with Gasteiger partial charge in [0, 0.05) is 5.33 Å². The summed E-state index contributed by atoms with van der Waals surface area (Å²) < 4.78 is 4.45. The number of halogens is 1. The van der Waals surface area contributed by atoms with Crippen LogP contribution in [-0.2, 0) is 4.18 Å². The largest absolute Gasteiger partial charge is 0.318 e. The molecular weight excluding hydrogens is 164 g/mol. The molecule has 0 amide bonds. The SMILES string of the molecule is SOCCCBr. The average Bonchev–Trinajstić information content (AvgIpc) is 1.61. The Morgan fingerprint density at radius 2 is 2.33 bits per heavy atom. The Bertz CT molecular complexity index is 22.8. The number of hydrogen-bond acceptors (Lipinski definition) is 2. The summed E-state index contributed by atoms with van der Waals surface area (Å²) in [4.78, 5) is 0. The van der Waals surface area contributed by atoms with Crippen molar-refractivity contribution in [2.45, 2.75) is 6.42 Å². The van der Waals surface area contributed by atoms with Crippen LogP contribution in [-0.4, -0.2) is 11.9 Å². The van der Waals surface area contributed by atoms with Gasteiger partial charge in [-0.2, -0.15) is 0 Å². The van der Waals surface area contributed by atoms with E-state index in [1.165, 1.54) is 0 Å². The number of hydrogen-bond donors (Lipinski definition) is 1. The Hall–Kier alpha value is 0.790. The second-order valence-electron chi connectivity index (χ2n) is 0.876. The maximum absolute atomic E-state index is 4.45. The van der Waals surface area contributed by atoms with E-state index >= 15 is 0 Å². The third-order valence-corrected chi connectivity index (χ3v) is 1.11. The van der Waals surface area contributed by atoms with Gasteiger partial charge in [-0.1, -0.05) is 15.9 Å². The summed E-state index contributed by atoms with van der Waals surface area (Å²) in [5, 5.41) is 0.994. The lowest BCUT2D eigenvalue weighted by molar-refractivity contribution is 0.383. The van der Waals surface area contributed by atoms with E-state index in [4.69, 9.17) is 0 Å². The Morgan fingerprint density at radius 1 is 1.67 bits per heavy atom. The zero-order valence-corrected chi connectivity index (χ0v) is 5.84. The lowest BCUT2D eigenvalue weighted by atomic mass is 10.5. The van der Waals surface area contributed by atoms with Gasteiger partial charge in [0.1, 0.15) is 0 Å². The zero-order chi connectivity index (χ0) is 4.83. The lowest BCUT2D eigenvalue weighted by Crippen LogP contribution is -1.82. The molecule has 0 atom stereocenters. The van der Waals surface area contributed by atoms with Gasteiger partial charge in [-0.05, 0) is 19.3 Å². The maximum Gasteiger partial charge on any atom is 0.0618 e. The molecule has 0 fully saturated rings. The van der Waals surface area contributed by atoms with Crippen molar-refractivity contribution in [3.63, 3.8) is 0 Å². The summed E-state index contributed by atoms with van der Waals surface area (Å²) in [5.41, 5.74) is 0. The van der Waals surface area contributed by atoms with Crippen LogP contribution in [0.1, 0.15) is 6.42 Å². The molecule has 0 aliphatic rings. The van der Waals surface area contributed by atoms with E-state index in [-0.39, 0.29) is 0 Å². The third kappa shape index (κ3) is 4.79. The molecule has 0 heterocycles. The predicted octanol–water partition coefficient (Wildman–Crippen LogP) is 1.63. The minimum Gasteiger partial charge on any atom is -0.318 e. The van der Waals surface area contributed by atoms with Gasteiger partial charge in [-0.15, -0.1) is 0 Å². The molecule has 0 aliphatic heterocycles. The van der Waals surface area contributed by atoms with Crippen molar-refractivity contribution in [3.05, 3.63) is 0 Å². The van der Waals surface area contributed by atoms with Crippen molar-refractivity contribution in [1.29, 1.82) is 0 Å². The lowest BCUT2D eigenvalue weighted by Gasteiger charge is -1.86. The van der Waals surface area contributed by atoms with Gasteiger partial charge < -0.3 is 4.18 Å². The average molecular weight is 171 g/mol. The van der Waals surface area contributed by atoms with Crippen molar-refractivity contribution in [2.24, 2.45) is 0 Å². The summed E-state index contributed by atoms with van der Waals surface area (Å²) >= 11 is 6.77. The molecule has 0 aromatic carbocycles. The third-order valence-electron chi connectivity index (χ3n) is 0.369. The quantitative estimate of drug-likeness (QED) is 0.294.